The smallest absolute Gasteiger partial charge is 0.0964 e. The quantitative estimate of drug-likeness (QED) is 0.794. The van der Waals surface area contributed by atoms with Gasteiger partial charge in [-0.25, -0.2) is 4.98 Å². The highest BCUT2D eigenvalue weighted by Gasteiger charge is 2.22. The molecule has 1 aromatic carbocycles. The Morgan fingerprint density at radius 2 is 2.05 bits per heavy atom. The third-order valence-corrected chi connectivity index (χ3v) is 4.54. The number of hydrogen-bond donors (Lipinski definition) is 1. The number of thiophene rings is 1. The predicted molar refractivity (Wildman–Crippen MR) is 80.6 cm³/mol. The molecule has 0 amide bonds. The maximum Gasteiger partial charge on any atom is 0.0964 e. The topological polar surface area (TPSA) is 43.8 Å². The average molecular weight is 271 g/mol. The molecule has 0 spiro atoms. The second-order valence-electron chi connectivity index (χ2n) is 4.91. The monoisotopic (exact) mass is 271 g/mol. The minimum atomic E-state index is 0.0370. The van der Waals surface area contributed by atoms with Gasteiger partial charge in [0.2, 0.25) is 0 Å². The molecule has 0 bridgehead atoms. The Labute approximate surface area is 116 Å². The van der Waals surface area contributed by atoms with Crippen LogP contribution in [0.2, 0.25) is 0 Å². The summed E-state index contributed by atoms with van der Waals surface area (Å²) in [5.41, 5.74) is 9.69. The summed E-state index contributed by atoms with van der Waals surface area (Å²) >= 11 is 1.76. The first kappa shape index (κ1) is 12.4. The summed E-state index contributed by atoms with van der Waals surface area (Å²) in [7, 11) is 0. The van der Waals surface area contributed by atoms with E-state index in [0.717, 1.165) is 11.0 Å². The van der Waals surface area contributed by atoms with Crippen LogP contribution in [0.25, 0.3) is 11.0 Å². The van der Waals surface area contributed by atoms with Crippen LogP contribution in [0.15, 0.2) is 42.0 Å². The van der Waals surface area contributed by atoms with Gasteiger partial charge in [0.05, 0.1) is 23.4 Å². The van der Waals surface area contributed by atoms with E-state index in [1.807, 2.05) is 24.5 Å². The van der Waals surface area contributed by atoms with Gasteiger partial charge in [0.1, 0.15) is 0 Å². The van der Waals surface area contributed by atoms with Crippen LogP contribution in [0.3, 0.4) is 0 Å². The molecule has 4 heteroatoms. The van der Waals surface area contributed by atoms with Crippen molar-refractivity contribution < 1.29 is 0 Å². The van der Waals surface area contributed by atoms with E-state index in [2.05, 4.69) is 40.9 Å². The average Bonchev–Trinajstić information content (AvgIpc) is 2.98. The first-order valence-corrected chi connectivity index (χ1v) is 7.27. The van der Waals surface area contributed by atoms with Crippen LogP contribution in [-0.2, 0) is 0 Å². The first-order valence-electron chi connectivity index (χ1n) is 6.39. The number of benzene rings is 1. The van der Waals surface area contributed by atoms with E-state index in [0.29, 0.717) is 0 Å². The Hall–Kier alpha value is -1.65. The van der Waals surface area contributed by atoms with Crippen molar-refractivity contribution >= 4 is 22.4 Å². The summed E-state index contributed by atoms with van der Waals surface area (Å²) in [6.07, 6.45) is 1.90. The number of rotatable bonds is 3. The number of imidazole rings is 1. The van der Waals surface area contributed by atoms with Crippen molar-refractivity contribution in [2.24, 2.45) is 5.73 Å². The van der Waals surface area contributed by atoms with Crippen molar-refractivity contribution in [1.29, 1.82) is 0 Å². The lowest BCUT2D eigenvalue weighted by molar-refractivity contribution is 0.513. The summed E-state index contributed by atoms with van der Waals surface area (Å²) in [4.78, 5) is 5.79. The van der Waals surface area contributed by atoms with E-state index in [1.165, 1.54) is 10.4 Å². The summed E-state index contributed by atoms with van der Waals surface area (Å²) in [6.45, 7) is 4.19. The Morgan fingerprint density at radius 1 is 1.26 bits per heavy atom. The van der Waals surface area contributed by atoms with Crippen molar-refractivity contribution in [2.75, 3.05) is 0 Å². The van der Waals surface area contributed by atoms with Crippen LogP contribution in [0, 0.1) is 6.92 Å². The second kappa shape index (κ2) is 4.79. The van der Waals surface area contributed by atoms with Crippen molar-refractivity contribution in [3.05, 3.63) is 52.5 Å². The van der Waals surface area contributed by atoms with E-state index >= 15 is 0 Å². The normalized spacial score (nSPS) is 14.7. The Bertz CT molecular complexity index is 696. The molecule has 0 aliphatic heterocycles. The Morgan fingerprint density at radius 3 is 2.74 bits per heavy atom. The fraction of sp³-hybridized carbons (Fsp3) is 0.267. The predicted octanol–water partition coefficient (Wildman–Crippen LogP) is 3.34. The number of aryl methyl sites for hydroxylation is 1. The van der Waals surface area contributed by atoms with Crippen molar-refractivity contribution in [1.82, 2.24) is 9.55 Å². The summed E-state index contributed by atoms with van der Waals surface area (Å²) in [5, 5.41) is 2.12. The molecule has 98 valence electrons. The van der Waals surface area contributed by atoms with Crippen molar-refractivity contribution in [3.8, 4) is 0 Å². The molecule has 3 rings (SSSR count). The van der Waals surface area contributed by atoms with Gasteiger partial charge in [0.25, 0.3) is 0 Å². The molecule has 0 saturated carbocycles. The maximum atomic E-state index is 6.24. The highest BCUT2D eigenvalue weighted by molar-refractivity contribution is 7.10. The van der Waals surface area contributed by atoms with Gasteiger partial charge in [0.15, 0.2) is 0 Å². The summed E-state index contributed by atoms with van der Waals surface area (Å²) in [5.74, 6) is 0. The highest BCUT2D eigenvalue weighted by atomic mass is 32.1. The number of nitrogens with zero attached hydrogens (tertiary/aromatic N) is 2. The van der Waals surface area contributed by atoms with Gasteiger partial charge >= 0.3 is 0 Å². The fourth-order valence-corrected chi connectivity index (χ4v) is 3.65. The number of para-hydroxylation sites is 2. The van der Waals surface area contributed by atoms with Gasteiger partial charge < -0.3 is 10.3 Å². The van der Waals surface area contributed by atoms with Gasteiger partial charge in [0, 0.05) is 10.9 Å². The number of hydrogen-bond acceptors (Lipinski definition) is 3. The maximum absolute atomic E-state index is 6.24. The molecule has 0 fully saturated rings. The Kier molecular flexibility index (Phi) is 3.12. The van der Waals surface area contributed by atoms with Crippen LogP contribution in [0.5, 0.6) is 0 Å². The number of nitrogens with two attached hydrogens (primary N) is 1. The minimum absolute atomic E-state index is 0.0370. The van der Waals surface area contributed by atoms with E-state index < -0.39 is 0 Å². The zero-order valence-corrected chi connectivity index (χ0v) is 11.9. The minimum Gasteiger partial charge on any atom is -0.326 e. The third-order valence-electron chi connectivity index (χ3n) is 3.45. The van der Waals surface area contributed by atoms with E-state index in [9.17, 15) is 0 Å². The number of aromatic nitrogens is 2. The third kappa shape index (κ3) is 2.07. The Balaban J connectivity index is 2.18. The van der Waals surface area contributed by atoms with Crippen molar-refractivity contribution in [2.45, 2.75) is 25.9 Å². The van der Waals surface area contributed by atoms with E-state index in [1.54, 1.807) is 11.3 Å². The van der Waals surface area contributed by atoms with Crippen LogP contribution >= 0.6 is 11.3 Å². The molecule has 3 nitrogen and oxygen atoms in total. The molecule has 0 saturated heterocycles. The molecule has 0 aliphatic carbocycles. The molecule has 19 heavy (non-hydrogen) atoms. The molecular formula is C15H17N3S. The van der Waals surface area contributed by atoms with E-state index in [4.69, 9.17) is 5.73 Å². The molecule has 2 N–H and O–H groups in total. The molecule has 2 heterocycles. The van der Waals surface area contributed by atoms with Crippen LogP contribution in [0.4, 0.5) is 0 Å². The lowest BCUT2D eigenvalue weighted by atomic mass is 10.1. The van der Waals surface area contributed by atoms with E-state index in [-0.39, 0.29) is 12.1 Å². The number of fused-ring (bicyclic) bond motifs is 1. The SMILES string of the molecule is Cc1ccsc1C(C(C)N)n1cnc2ccccc21. The summed E-state index contributed by atoms with van der Waals surface area (Å²) in [6, 6.07) is 10.5. The van der Waals surface area contributed by atoms with Gasteiger partial charge in [-0.1, -0.05) is 12.1 Å². The molecule has 0 aliphatic rings. The molecular weight excluding hydrogens is 254 g/mol. The van der Waals surface area contributed by atoms with Gasteiger partial charge in [-0.05, 0) is 43.0 Å². The largest absolute Gasteiger partial charge is 0.326 e. The molecule has 2 atom stereocenters. The van der Waals surface area contributed by atoms with Crippen molar-refractivity contribution in [3.63, 3.8) is 0 Å². The molecule has 2 aromatic heterocycles. The lowest BCUT2D eigenvalue weighted by Gasteiger charge is -2.23. The second-order valence-corrected chi connectivity index (χ2v) is 5.86. The molecule has 3 aromatic rings. The molecule has 2 unspecified atom stereocenters. The zero-order chi connectivity index (χ0) is 13.4. The highest BCUT2D eigenvalue weighted by Crippen LogP contribution is 2.31. The van der Waals surface area contributed by atoms with Gasteiger partial charge in [-0.3, -0.25) is 0 Å². The fourth-order valence-electron chi connectivity index (χ4n) is 2.51. The summed E-state index contributed by atoms with van der Waals surface area (Å²) < 4.78 is 2.19. The first-order chi connectivity index (χ1) is 9.18. The zero-order valence-electron chi connectivity index (χ0n) is 11.1. The van der Waals surface area contributed by atoms with Crippen LogP contribution < -0.4 is 5.73 Å². The van der Waals surface area contributed by atoms with Crippen LogP contribution in [-0.4, -0.2) is 15.6 Å². The standard InChI is InChI=1S/C15H17N3S/c1-10-7-8-19-15(10)14(11(2)16)18-9-17-12-5-3-4-6-13(12)18/h3-9,11,14H,16H2,1-2H3. The van der Waals surface area contributed by atoms with Crippen LogP contribution in [0.1, 0.15) is 23.4 Å². The van der Waals surface area contributed by atoms with Gasteiger partial charge in [-0.2, -0.15) is 0 Å². The molecule has 0 radical (unpaired) electrons. The lowest BCUT2D eigenvalue weighted by Crippen LogP contribution is -2.29. The van der Waals surface area contributed by atoms with Gasteiger partial charge in [-0.15, -0.1) is 11.3 Å².